The van der Waals surface area contributed by atoms with Gasteiger partial charge in [0.1, 0.15) is 11.6 Å². The highest BCUT2D eigenvalue weighted by Gasteiger charge is 2.23. The normalized spacial score (nSPS) is 13.2. The van der Waals surface area contributed by atoms with Gasteiger partial charge in [0, 0.05) is 13.5 Å². The zero-order chi connectivity index (χ0) is 18.4. The molecule has 25 heavy (non-hydrogen) atoms. The Morgan fingerprint density at radius 2 is 1.84 bits per heavy atom. The van der Waals surface area contributed by atoms with E-state index in [1.165, 1.54) is 11.0 Å². The van der Waals surface area contributed by atoms with Crippen LogP contribution in [0.4, 0.5) is 4.39 Å². The summed E-state index contributed by atoms with van der Waals surface area (Å²) in [6, 6.07) is 13.3. The van der Waals surface area contributed by atoms with Gasteiger partial charge >= 0.3 is 0 Å². The van der Waals surface area contributed by atoms with Gasteiger partial charge in [-0.3, -0.25) is 4.79 Å². The fraction of sp³-hybridized carbons (Fsp3) is 0.350. The molecule has 2 aromatic rings. The molecule has 2 atom stereocenters. The minimum atomic E-state index is -0.453. The van der Waals surface area contributed by atoms with Gasteiger partial charge in [-0.05, 0) is 35.2 Å². The number of carbonyl (C=O) groups is 1. The number of methoxy groups -OCH3 is 1. The molecule has 2 rings (SSSR count). The predicted octanol–water partition coefficient (Wildman–Crippen LogP) is 3.52. The number of carbonyl (C=O) groups excluding carboxylic acids is 1. The van der Waals surface area contributed by atoms with Gasteiger partial charge in [0.15, 0.2) is 0 Å². The molecule has 0 aromatic heterocycles. The van der Waals surface area contributed by atoms with E-state index >= 15 is 0 Å². The molecule has 0 bridgehead atoms. The summed E-state index contributed by atoms with van der Waals surface area (Å²) in [4.78, 5) is 14.1. The average Bonchev–Trinajstić information content (AvgIpc) is 2.63. The minimum absolute atomic E-state index is 0.148. The van der Waals surface area contributed by atoms with E-state index in [1.54, 1.807) is 44.5 Å². The van der Waals surface area contributed by atoms with Crippen molar-refractivity contribution in [2.75, 3.05) is 20.8 Å². The zero-order valence-electron chi connectivity index (χ0n) is 14.8. The summed E-state index contributed by atoms with van der Waals surface area (Å²) in [6.45, 7) is 1.63. The zero-order valence-corrected chi connectivity index (χ0v) is 14.8. The third-order valence-corrected chi connectivity index (χ3v) is 4.45. The Hall–Kier alpha value is -2.40. The Bertz CT molecular complexity index is 702. The molecule has 0 aliphatic rings. The lowest BCUT2D eigenvalue weighted by atomic mass is 9.96. The predicted molar refractivity (Wildman–Crippen MR) is 95.0 cm³/mol. The first-order valence-electron chi connectivity index (χ1n) is 8.22. The van der Waals surface area contributed by atoms with Gasteiger partial charge in [0.2, 0.25) is 5.91 Å². The first kappa shape index (κ1) is 18.9. The second-order valence-corrected chi connectivity index (χ2v) is 6.10. The van der Waals surface area contributed by atoms with Crippen LogP contribution in [0.1, 0.15) is 36.4 Å². The summed E-state index contributed by atoms with van der Waals surface area (Å²) in [5.41, 5.74) is 1.34. The first-order chi connectivity index (χ1) is 12.0. The van der Waals surface area contributed by atoms with Crippen LogP contribution in [0.15, 0.2) is 48.5 Å². The summed E-state index contributed by atoms with van der Waals surface area (Å²) in [5, 5.41) is 9.74. The molecule has 1 amide bonds. The van der Waals surface area contributed by atoms with E-state index < -0.39 is 6.04 Å². The Kier molecular flexibility index (Phi) is 6.53. The maximum Gasteiger partial charge on any atom is 0.223 e. The highest BCUT2D eigenvalue weighted by molar-refractivity contribution is 5.77. The molecule has 0 saturated heterocycles. The smallest absolute Gasteiger partial charge is 0.223 e. The van der Waals surface area contributed by atoms with Crippen molar-refractivity contribution < 1.29 is 19.0 Å². The molecular weight excluding hydrogens is 321 g/mol. The monoisotopic (exact) mass is 345 g/mol. The van der Waals surface area contributed by atoms with Crippen molar-refractivity contribution in [3.63, 3.8) is 0 Å². The van der Waals surface area contributed by atoms with Crippen LogP contribution in [0, 0.1) is 5.82 Å². The maximum absolute atomic E-state index is 13.9. The number of nitrogens with zero attached hydrogens (tertiary/aromatic N) is 1. The minimum Gasteiger partial charge on any atom is -0.497 e. The maximum atomic E-state index is 13.9. The molecular formula is C20H24FNO3. The molecule has 0 heterocycles. The standard InChI is InChI=1S/C20H24FNO3/c1-14(17-6-4-5-7-18(17)21)12-20(24)22(2)19(13-23)15-8-10-16(25-3)11-9-15/h4-11,14,19,23H,12-13H2,1-3H3. The van der Waals surface area contributed by atoms with Crippen LogP contribution < -0.4 is 4.74 Å². The van der Waals surface area contributed by atoms with Gasteiger partial charge in [0.05, 0.1) is 19.8 Å². The molecule has 0 radical (unpaired) electrons. The van der Waals surface area contributed by atoms with Crippen LogP contribution in [0.2, 0.25) is 0 Å². The molecule has 0 fully saturated rings. The van der Waals surface area contributed by atoms with Gasteiger partial charge in [-0.2, -0.15) is 0 Å². The SMILES string of the molecule is COc1ccc(C(CO)N(C)C(=O)CC(C)c2ccccc2F)cc1. The van der Waals surface area contributed by atoms with E-state index in [1.807, 2.05) is 19.1 Å². The number of benzene rings is 2. The molecule has 0 aliphatic heterocycles. The fourth-order valence-corrected chi connectivity index (χ4v) is 2.84. The van der Waals surface area contributed by atoms with Gasteiger partial charge in [0.25, 0.3) is 0 Å². The van der Waals surface area contributed by atoms with Gasteiger partial charge in [-0.25, -0.2) is 4.39 Å². The molecule has 134 valence electrons. The van der Waals surface area contributed by atoms with Crippen molar-refractivity contribution in [3.05, 3.63) is 65.5 Å². The molecule has 4 nitrogen and oxygen atoms in total. The van der Waals surface area contributed by atoms with Crippen LogP contribution in [0.3, 0.4) is 0 Å². The largest absolute Gasteiger partial charge is 0.497 e. The number of aliphatic hydroxyl groups excluding tert-OH is 1. The summed E-state index contributed by atoms with van der Waals surface area (Å²) in [7, 11) is 3.24. The summed E-state index contributed by atoms with van der Waals surface area (Å²) < 4.78 is 19.0. The average molecular weight is 345 g/mol. The van der Waals surface area contributed by atoms with Crippen molar-refractivity contribution in [1.82, 2.24) is 4.90 Å². The molecule has 0 aliphatic carbocycles. The lowest BCUT2D eigenvalue weighted by Gasteiger charge is -2.28. The van der Waals surface area contributed by atoms with Crippen LogP contribution in [-0.4, -0.2) is 36.7 Å². The molecule has 2 aromatic carbocycles. The van der Waals surface area contributed by atoms with Gasteiger partial charge < -0.3 is 14.7 Å². The highest BCUT2D eigenvalue weighted by Crippen LogP contribution is 2.26. The number of hydrogen-bond acceptors (Lipinski definition) is 3. The molecule has 5 heteroatoms. The lowest BCUT2D eigenvalue weighted by molar-refractivity contribution is -0.133. The van der Waals surface area contributed by atoms with Crippen molar-refractivity contribution in [3.8, 4) is 5.75 Å². The van der Waals surface area contributed by atoms with Crippen molar-refractivity contribution in [2.45, 2.75) is 25.3 Å². The molecule has 0 spiro atoms. The molecule has 0 saturated carbocycles. The summed E-state index contributed by atoms with van der Waals surface area (Å²) in [6.07, 6.45) is 0.171. The van der Waals surface area contributed by atoms with Crippen molar-refractivity contribution >= 4 is 5.91 Å². The Morgan fingerprint density at radius 3 is 2.40 bits per heavy atom. The van der Waals surface area contributed by atoms with E-state index in [4.69, 9.17) is 4.74 Å². The summed E-state index contributed by atoms with van der Waals surface area (Å²) in [5.74, 6) is 0.0129. The number of hydrogen-bond donors (Lipinski definition) is 1. The van der Waals surface area contributed by atoms with E-state index in [0.717, 1.165) is 5.56 Å². The number of rotatable bonds is 7. The number of aliphatic hydroxyl groups is 1. The van der Waals surface area contributed by atoms with E-state index in [0.29, 0.717) is 11.3 Å². The first-order valence-corrected chi connectivity index (χ1v) is 8.22. The number of ether oxygens (including phenoxy) is 1. The second-order valence-electron chi connectivity index (χ2n) is 6.10. The third-order valence-electron chi connectivity index (χ3n) is 4.45. The summed E-state index contributed by atoms with van der Waals surface area (Å²) >= 11 is 0. The van der Waals surface area contributed by atoms with Crippen LogP contribution in [0.5, 0.6) is 5.75 Å². The highest BCUT2D eigenvalue weighted by atomic mass is 19.1. The van der Waals surface area contributed by atoms with Crippen LogP contribution in [0.25, 0.3) is 0 Å². The Labute approximate surface area is 147 Å². The number of amides is 1. The third kappa shape index (κ3) is 4.57. The van der Waals surface area contributed by atoms with Crippen molar-refractivity contribution in [1.29, 1.82) is 0 Å². The van der Waals surface area contributed by atoms with E-state index in [2.05, 4.69) is 0 Å². The van der Waals surface area contributed by atoms with Crippen LogP contribution >= 0.6 is 0 Å². The number of halogens is 1. The molecule has 2 unspecified atom stereocenters. The topological polar surface area (TPSA) is 49.8 Å². The second kappa shape index (κ2) is 8.62. The van der Waals surface area contributed by atoms with Crippen molar-refractivity contribution in [2.24, 2.45) is 0 Å². The van der Waals surface area contributed by atoms with Crippen LogP contribution in [-0.2, 0) is 4.79 Å². The molecule has 1 N–H and O–H groups in total. The lowest BCUT2D eigenvalue weighted by Crippen LogP contribution is -2.34. The van der Waals surface area contributed by atoms with E-state index in [-0.39, 0.29) is 30.7 Å². The Morgan fingerprint density at radius 1 is 1.20 bits per heavy atom. The fourth-order valence-electron chi connectivity index (χ4n) is 2.84. The van der Waals surface area contributed by atoms with E-state index in [9.17, 15) is 14.3 Å². The quantitative estimate of drug-likeness (QED) is 0.835. The van der Waals surface area contributed by atoms with Gasteiger partial charge in [-0.1, -0.05) is 37.3 Å². The Balaban J connectivity index is 2.09. The number of likely N-dealkylation sites (N-methyl/N-ethyl adjacent to an activating group) is 1. The van der Waals surface area contributed by atoms with Gasteiger partial charge in [-0.15, -0.1) is 0 Å².